The van der Waals surface area contributed by atoms with E-state index in [1.807, 2.05) is 20.0 Å². The molecular formula is C23H33N5O3. The van der Waals surface area contributed by atoms with Crippen LogP contribution in [0, 0.1) is 6.92 Å². The Hall–Kier alpha value is -2.48. The van der Waals surface area contributed by atoms with E-state index >= 15 is 0 Å². The summed E-state index contributed by atoms with van der Waals surface area (Å²) < 4.78 is 7.65. The van der Waals surface area contributed by atoms with Crippen molar-refractivity contribution in [2.45, 2.75) is 89.4 Å². The highest BCUT2D eigenvalue weighted by Crippen LogP contribution is 2.32. The number of fused-ring (bicyclic) bond motifs is 1. The first kappa shape index (κ1) is 21.7. The van der Waals surface area contributed by atoms with Gasteiger partial charge in [-0.2, -0.15) is 5.10 Å². The smallest absolute Gasteiger partial charge is 0.257 e. The van der Waals surface area contributed by atoms with Crippen LogP contribution in [-0.2, 0) is 9.53 Å². The molecule has 2 aliphatic carbocycles. The Morgan fingerprint density at radius 2 is 1.94 bits per heavy atom. The number of ether oxygens (including phenoxy) is 1. The van der Waals surface area contributed by atoms with Crippen LogP contribution in [0.1, 0.15) is 80.6 Å². The molecule has 0 aromatic carbocycles. The van der Waals surface area contributed by atoms with Gasteiger partial charge in [0.2, 0.25) is 5.91 Å². The summed E-state index contributed by atoms with van der Waals surface area (Å²) in [4.78, 5) is 29.9. The molecule has 1 unspecified atom stereocenters. The van der Waals surface area contributed by atoms with Crippen LogP contribution < -0.4 is 10.6 Å². The number of amides is 2. The van der Waals surface area contributed by atoms with Crippen molar-refractivity contribution in [2.75, 3.05) is 6.54 Å². The molecular weight excluding hydrogens is 394 g/mol. The van der Waals surface area contributed by atoms with Gasteiger partial charge in [0.15, 0.2) is 5.65 Å². The summed E-state index contributed by atoms with van der Waals surface area (Å²) in [5.74, 6) is -0.319. The van der Waals surface area contributed by atoms with Crippen molar-refractivity contribution in [3.05, 3.63) is 29.7 Å². The van der Waals surface area contributed by atoms with Crippen LogP contribution in [-0.4, -0.2) is 50.7 Å². The molecule has 2 aromatic heterocycles. The quantitative estimate of drug-likeness (QED) is 0.662. The Morgan fingerprint density at radius 3 is 2.61 bits per heavy atom. The first-order chi connectivity index (χ1) is 15.0. The van der Waals surface area contributed by atoms with Gasteiger partial charge in [-0.1, -0.05) is 25.7 Å². The highest BCUT2D eigenvalue weighted by atomic mass is 16.5. The molecule has 0 aliphatic heterocycles. The highest BCUT2D eigenvalue weighted by Gasteiger charge is 2.39. The number of rotatable bonds is 7. The van der Waals surface area contributed by atoms with Crippen molar-refractivity contribution in [1.82, 2.24) is 25.2 Å². The molecule has 31 heavy (non-hydrogen) atoms. The van der Waals surface area contributed by atoms with Gasteiger partial charge in [0, 0.05) is 18.9 Å². The van der Waals surface area contributed by atoms with Gasteiger partial charge in [-0.3, -0.25) is 9.59 Å². The third-order valence-electron chi connectivity index (χ3n) is 6.59. The molecule has 0 radical (unpaired) electrons. The Balaban J connectivity index is 1.33. The summed E-state index contributed by atoms with van der Waals surface area (Å²) in [6, 6.07) is 0. The van der Waals surface area contributed by atoms with Gasteiger partial charge >= 0.3 is 0 Å². The third kappa shape index (κ3) is 5.06. The largest absolute Gasteiger partial charge is 0.365 e. The molecule has 2 fully saturated rings. The monoisotopic (exact) mass is 427 g/mol. The van der Waals surface area contributed by atoms with Crippen LogP contribution in [0.25, 0.3) is 5.65 Å². The van der Waals surface area contributed by atoms with Crippen molar-refractivity contribution in [1.29, 1.82) is 0 Å². The summed E-state index contributed by atoms with van der Waals surface area (Å²) in [6.45, 7) is 4.15. The van der Waals surface area contributed by atoms with E-state index in [-0.39, 0.29) is 17.9 Å². The van der Waals surface area contributed by atoms with E-state index in [1.165, 1.54) is 25.7 Å². The topological polar surface area (TPSA) is 97.6 Å². The standard InChI is InChI=1S/C23H33N5O3/c1-16-12-24-20-19(13-26-28(20)14-16)22(30)27-23(10-7-11-23)15-25-21(29)17(2)31-18-8-5-3-4-6-9-18/h12-14,17-18H,3-11,15H2,1-2H3,(H,25,29)(H,27,30). The van der Waals surface area contributed by atoms with Crippen LogP contribution in [0.15, 0.2) is 18.6 Å². The maximum absolute atomic E-state index is 12.9. The number of carbonyl (C=O) groups is 2. The number of nitrogens with one attached hydrogen (secondary N) is 2. The van der Waals surface area contributed by atoms with Crippen LogP contribution in [0.3, 0.4) is 0 Å². The minimum absolute atomic E-state index is 0.113. The lowest BCUT2D eigenvalue weighted by Gasteiger charge is -2.42. The van der Waals surface area contributed by atoms with Crippen molar-refractivity contribution >= 4 is 17.5 Å². The maximum atomic E-state index is 12.9. The molecule has 168 valence electrons. The molecule has 1 atom stereocenters. The second kappa shape index (κ2) is 9.34. The average Bonchev–Trinajstić information content (AvgIpc) is 2.97. The van der Waals surface area contributed by atoms with Gasteiger partial charge in [-0.15, -0.1) is 0 Å². The molecule has 2 heterocycles. The van der Waals surface area contributed by atoms with Crippen LogP contribution in [0.2, 0.25) is 0 Å². The van der Waals surface area contributed by atoms with Gasteiger partial charge in [0.1, 0.15) is 11.7 Å². The lowest BCUT2D eigenvalue weighted by molar-refractivity contribution is -0.136. The fourth-order valence-corrected chi connectivity index (χ4v) is 4.51. The predicted molar refractivity (Wildman–Crippen MR) is 117 cm³/mol. The SMILES string of the molecule is Cc1cnc2c(C(=O)NC3(CNC(=O)C(C)OC4CCCCCC4)CCC3)cnn2c1. The third-order valence-corrected chi connectivity index (χ3v) is 6.59. The molecule has 8 heteroatoms. The lowest BCUT2D eigenvalue weighted by atomic mass is 9.76. The van der Waals surface area contributed by atoms with E-state index in [2.05, 4.69) is 20.7 Å². The Morgan fingerprint density at radius 1 is 1.19 bits per heavy atom. The Bertz CT molecular complexity index is 928. The number of hydrogen-bond acceptors (Lipinski definition) is 5. The van der Waals surface area contributed by atoms with Crippen LogP contribution in [0.5, 0.6) is 0 Å². The van der Waals surface area contributed by atoms with Crippen molar-refractivity contribution in [3.8, 4) is 0 Å². The van der Waals surface area contributed by atoms with Crippen LogP contribution >= 0.6 is 0 Å². The van der Waals surface area contributed by atoms with Crippen molar-refractivity contribution in [3.63, 3.8) is 0 Å². The van der Waals surface area contributed by atoms with E-state index in [4.69, 9.17) is 4.74 Å². The number of hydrogen-bond donors (Lipinski definition) is 2. The fourth-order valence-electron chi connectivity index (χ4n) is 4.51. The molecule has 0 bridgehead atoms. The molecule has 0 saturated heterocycles. The first-order valence-electron chi connectivity index (χ1n) is 11.5. The molecule has 0 spiro atoms. The second-order valence-electron chi connectivity index (χ2n) is 9.16. The van der Waals surface area contributed by atoms with Crippen LogP contribution in [0.4, 0.5) is 0 Å². The van der Waals surface area contributed by atoms with Gasteiger partial charge in [-0.05, 0) is 51.5 Å². The predicted octanol–water partition coefficient (Wildman–Crippen LogP) is 2.93. The van der Waals surface area contributed by atoms with Gasteiger partial charge in [0.05, 0.1) is 17.8 Å². The molecule has 4 rings (SSSR count). The lowest BCUT2D eigenvalue weighted by Crippen LogP contribution is -2.60. The first-order valence-corrected chi connectivity index (χ1v) is 11.5. The fraction of sp³-hybridized carbons (Fsp3) is 0.652. The summed E-state index contributed by atoms with van der Waals surface area (Å²) in [5, 5.41) is 10.4. The van der Waals surface area contributed by atoms with Gasteiger partial charge in [-0.25, -0.2) is 9.50 Å². The van der Waals surface area contributed by atoms with E-state index in [9.17, 15) is 9.59 Å². The summed E-state index contributed by atoms with van der Waals surface area (Å²) in [6.07, 6.45) is 14.4. The Labute approximate surface area is 183 Å². The molecule has 2 amide bonds. The minimum Gasteiger partial charge on any atom is -0.365 e. The van der Waals surface area contributed by atoms with Gasteiger partial charge < -0.3 is 15.4 Å². The van der Waals surface area contributed by atoms with E-state index in [0.29, 0.717) is 17.8 Å². The summed E-state index contributed by atoms with van der Waals surface area (Å²) in [5.41, 5.74) is 1.53. The normalized spacial score (nSPS) is 19.9. The average molecular weight is 428 g/mol. The number of nitrogens with zero attached hydrogens (tertiary/aromatic N) is 3. The van der Waals surface area contributed by atoms with Crippen molar-refractivity contribution in [2.24, 2.45) is 0 Å². The summed E-state index contributed by atoms with van der Waals surface area (Å²) in [7, 11) is 0. The molecule has 2 aromatic rings. The molecule has 2 aliphatic rings. The number of aromatic nitrogens is 3. The second-order valence-corrected chi connectivity index (χ2v) is 9.16. The zero-order valence-corrected chi connectivity index (χ0v) is 18.5. The number of carbonyl (C=O) groups excluding carboxylic acids is 2. The molecule has 2 N–H and O–H groups in total. The molecule has 2 saturated carbocycles. The zero-order valence-electron chi connectivity index (χ0n) is 18.5. The van der Waals surface area contributed by atoms with Gasteiger partial charge in [0.25, 0.3) is 5.91 Å². The molecule has 8 nitrogen and oxygen atoms in total. The van der Waals surface area contributed by atoms with E-state index in [1.54, 1.807) is 16.9 Å². The number of aryl methyl sites for hydroxylation is 1. The van der Waals surface area contributed by atoms with E-state index in [0.717, 1.165) is 37.7 Å². The van der Waals surface area contributed by atoms with E-state index < -0.39 is 11.6 Å². The maximum Gasteiger partial charge on any atom is 0.257 e. The van der Waals surface area contributed by atoms with Crippen molar-refractivity contribution < 1.29 is 14.3 Å². The zero-order chi connectivity index (χ0) is 21.8. The Kier molecular flexibility index (Phi) is 6.55. The summed E-state index contributed by atoms with van der Waals surface area (Å²) >= 11 is 0. The minimum atomic E-state index is -0.483. The highest BCUT2D eigenvalue weighted by molar-refractivity contribution is 6.00.